The predicted octanol–water partition coefficient (Wildman–Crippen LogP) is 6.89. The van der Waals surface area contributed by atoms with E-state index in [-0.39, 0.29) is 0 Å². The van der Waals surface area contributed by atoms with E-state index in [0.29, 0.717) is 10.8 Å². The lowest BCUT2D eigenvalue weighted by Crippen LogP contribution is -2.41. The lowest BCUT2D eigenvalue weighted by atomic mass is 10.0. The topological polar surface area (TPSA) is 80.4 Å². The van der Waals surface area contributed by atoms with Crippen LogP contribution in [0.25, 0.3) is 0 Å². The van der Waals surface area contributed by atoms with E-state index >= 15 is 0 Å². The second-order valence-electron chi connectivity index (χ2n) is 9.23. The number of allylic oxidation sites excluding steroid dienone is 1. The molecule has 0 radical (unpaired) electrons. The second kappa shape index (κ2) is 24.8. The summed E-state index contributed by atoms with van der Waals surface area (Å²) in [4.78, 5) is 0. The second-order valence-corrected chi connectivity index (χ2v) is 10.7. The Morgan fingerprint density at radius 2 is 0.933 bits per heavy atom. The van der Waals surface area contributed by atoms with E-state index < -0.39 is 10.1 Å². The van der Waals surface area contributed by atoms with Gasteiger partial charge in [-0.2, -0.15) is 14.3 Å². The maximum absolute atomic E-state index is 9.19. The van der Waals surface area contributed by atoms with Crippen molar-refractivity contribution >= 4 is 10.1 Å². The summed E-state index contributed by atoms with van der Waals surface area (Å²) in [5.74, 6) is 5.29. The van der Waals surface area contributed by atoms with Crippen LogP contribution in [-0.2, 0) is 10.1 Å². The van der Waals surface area contributed by atoms with Gasteiger partial charge in [-0.1, -0.05) is 109 Å². The van der Waals surface area contributed by atoms with Crippen molar-refractivity contribution in [1.82, 2.24) is 0 Å². The van der Waals surface area contributed by atoms with Gasteiger partial charge in [0.15, 0.2) is 0 Å². The zero-order chi connectivity index (χ0) is 23.7. The van der Waals surface area contributed by atoms with Crippen molar-refractivity contribution in [2.75, 3.05) is 27.4 Å². The van der Waals surface area contributed by atoms with Crippen LogP contribution in [0.5, 0.6) is 0 Å². The van der Waals surface area contributed by atoms with Gasteiger partial charge in [0.05, 0.1) is 27.4 Å². The highest BCUT2D eigenvalue weighted by Crippen LogP contribution is 2.13. The standard InChI is InChI=1S/C20H40.C3H11N2.CH4O3S/c1-3-5-7-9-11-13-15-17-19-20-18-16-14-12-10-8-6-4-2;2*1-5(2,3)4/h3H,1,4-20H2,2H3;4H2,1-3H3;1H3,(H,2,3,4)/q;+1;. The SMILES string of the molecule is C=CCCCCCCCCCCCCCCCCCC.CS(=O)(=O)O.C[N+](C)(C)N. The Morgan fingerprint density at radius 3 is 1.13 bits per heavy atom. The van der Waals surface area contributed by atoms with Crippen molar-refractivity contribution in [2.45, 2.75) is 116 Å². The first-order valence-corrected chi connectivity index (χ1v) is 13.9. The number of unbranched alkanes of at least 4 members (excludes halogenated alkanes) is 16. The number of rotatable bonds is 17. The zero-order valence-corrected chi connectivity index (χ0v) is 21.8. The lowest BCUT2D eigenvalue weighted by molar-refractivity contribution is -0.882. The van der Waals surface area contributed by atoms with Crippen molar-refractivity contribution < 1.29 is 17.6 Å². The normalized spacial score (nSPS) is 11.2. The smallest absolute Gasteiger partial charge is 0.261 e. The molecule has 0 heterocycles. The molecule has 0 aliphatic carbocycles. The number of hydrogen-bond acceptors (Lipinski definition) is 3. The number of nitrogens with two attached hydrogens (primary N) is 1. The Labute approximate surface area is 189 Å². The molecule has 6 heteroatoms. The fourth-order valence-corrected chi connectivity index (χ4v) is 2.84. The van der Waals surface area contributed by atoms with Crippen LogP contribution >= 0.6 is 0 Å². The number of quaternary nitrogens is 1. The minimum absolute atomic E-state index is 0.500. The van der Waals surface area contributed by atoms with Gasteiger partial charge in [0, 0.05) is 0 Å². The molecule has 0 aliphatic heterocycles. The molecule has 0 fully saturated rings. The third-order valence-corrected chi connectivity index (χ3v) is 4.26. The molecule has 184 valence electrons. The van der Waals surface area contributed by atoms with E-state index in [1.807, 2.05) is 27.2 Å². The van der Waals surface area contributed by atoms with Crippen molar-refractivity contribution in [3.8, 4) is 0 Å². The molecule has 0 spiro atoms. The highest BCUT2D eigenvalue weighted by molar-refractivity contribution is 7.85. The van der Waals surface area contributed by atoms with Crippen molar-refractivity contribution in [3.63, 3.8) is 0 Å². The molecule has 0 aromatic carbocycles. The molecule has 3 N–H and O–H groups in total. The molecular weight excluding hydrogens is 396 g/mol. The van der Waals surface area contributed by atoms with E-state index in [4.69, 9.17) is 10.4 Å². The summed E-state index contributed by atoms with van der Waals surface area (Å²) < 4.78 is 26.4. The minimum Gasteiger partial charge on any atom is -0.286 e. The molecule has 0 aromatic rings. The third-order valence-electron chi connectivity index (χ3n) is 4.26. The first kappa shape index (κ1) is 34.2. The first-order chi connectivity index (χ1) is 13.9. The summed E-state index contributed by atoms with van der Waals surface area (Å²) in [6, 6.07) is 0. The molecule has 0 aromatic heterocycles. The Kier molecular flexibility index (Phi) is 28.3. The zero-order valence-electron chi connectivity index (χ0n) is 21.0. The van der Waals surface area contributed by atoms with Gasteiger partial charge >= 0.3 is 0 Å². The van der Waals surface area contributed by atoms with E-state index in [2.05, 4.69) is 13.5 Å². The van der Waals surface area contributed by atoms with Gasteiger partial charge in [-0.25, -0.2) is 0 Å². The van der Waals surface area contributed by atoms with Crippen LogP contribution < -0.4 is 5.84 Å². The van der Waals surface area contributed by atoms with Gasteiger partial charge in [-0.15, -0.1) is 6.58 Å². The predicted molar refractivity (Wildman–Crippen MR) is 134 cm³/mol. The van der Waals surface area contributed by atoms with E-state index in [1.54, 1.807) is 0 Å². The molecule has 0 bridgehead atoms. The fourth-order valence-electron chi connectivity index (χ4n) is 2.84. The summed E-state index contributed by atoms with van der Waals surface area (Å²) in [7, 11) is 2.04. The summed E-state index contributed by atoms with van der Waals surface area (Å²) in [6.45, 7) is 6.06. The molecule has 0 saturated heterocycles. The Morgan fingerprint density at radius 1 is 0.733 bits per heavy atom. The van der Waals surface area contributed by atoms with Crippen molar-refractivity contribution in [2.24, 2.45) is 5.84 Å². The summed E-state index contributed by atoms with van der Waals surface area (Å²) in [5, 5.41) is 0. The maximum Gasteiger partial charge on any atom is 0.261 e. The molecule has 5 nitrogen and oxygen atoms in total. The number of hydrogen-bond donors (Lipinski definition) is 2. The van der Waals surface area contributed by atoms with Gasteiger partial charge in [-0.05, 0) is 12.8 Å². The Balaban J connectivity index is -0.000000599. The van der Waals surface area contributed by atoms with Gasteiger partial charge in [0.2, 0.25) is 0 Å². The summed E-state index contributed by atoms with van der Waals surface area (Å²) in [5.41, 5.74) is 0. The lowest BCUT2D eigenvalue weighted by Gasteiger charge is -2.12. The van der Waals surface area contributed by atoms with Gasteiger partial charge in [0.1, 0.15) is 0 Å². The van der Waals surface area contributed by atoms with Crippen LogP contribution in [0, 0.1) is 0 Å². The van der Waals surface area contributed by atoms with Crippen LogP contribution in [0.1, 0.15) is 116 Å². The first-order valence-electron chi connectivity index (χ1n) is 12.0. The van der Waals surface area contributed by atoms with Gasteiger partial charge in [-0.3, -0.25) is 9.14 Å². The van der Waals surface area contributed by atoms with E-state index in [9.17, 15) is 8.42 Å². The van der Waals surface area contributed by atoms with Gasteiger partial charge < -0.3 is 0 Å². The fraction of sp³-hybridized carbons (Fsp3) is 0.917. The molecule has 30 heavy (non-hydrogen) atoms. The third kappa shape index (κ3) is 70.9. The van der Waals surface area contributed by atoms with Crippen molar-refractivity contribution in [1.29, 1.82) is 0 Å². The largest absolute Gasteiger partial charge is 0.286 e. The van der Waals surface area contributed by atoms with Crippen LogP contribution in [0.3, 0.4) is 0 Å². The maximum atomic E-state index is 9.19. The Bertz CT molecular complexity index is 418. The highest BCUT2D eigenvalue weighted by atomic mass is 32.2. The number of nitrogens with zero attached hydrogens (tertiary/aromatic N) is 1. The molecule has 0 atom stereocenters. The van der Waals surface area contributed by atoms with Crippen LogP contribution in [0.2, 0.25) is 0 Å². The van der Waals surface area contributed by atoms with Crippen LogP contribution in [0.15, 0.2) is 12.7 Å². The molecule has 0 rings (SSSR count). The van der Waals surface area contributed by atoms with E-state index in [0.717, 1.165) is 0 Å². The molecular formula is C24H55N2O3S+. The monoisotopic (exact) mass is 451 g/mol. The molecule has 0 amide bonds. The minimum atomic E-state index is -3.67. The average molecular weight is 452 g/mol. The van der Waals surface area contributed by atoms with E-state index in [1.165, 1.54) is 109 Å². The van der Waals surface area contributed by atoms with Crippen molar-refractivity contribution in [3.05, 3.63) is 12.7 Å². The molecule has 0 unspecified atom stereocenters. The molecule has 0 aliphatic rings. The van der Waals surface area contributed by atoms with Crippen LogP contribution in [-0.4, -0.2) is 45.0 Å². The quantitative estimate of drug-likeness (QED) is 0.0629. The summed E-state index contributed by atoms with van der Waals surface area (Å²) >= 11 is 0. The highest BCUT2D eigenvalue weighted by Gasteiger charge is 1.94. The Hall–Kier alpha value is -0.430. The van der Waals surface area contributed by atoms with Gasteiger partial charge in [0.25, 0.3) is 10.1 Å². The summed E-state index contributed by atoms with van der Waals surface area (Å²) in [6.07, 6.45) is 27.2. The molecule has 0 saturated carbocycles. The van der Waals surface area contributed by atoms with Crippen LogP contribution in [0.4, 0.5) is 0 Å². The average Bonchev–Trinajstić information content (AvgIpc) is 2.58.